The zero-order valence-corrected chi connectivity index (χ0v) is 11.5. The Hall–Kier alpha value is -1.78. The molecule has 2 aromatic rings. The van der Waals surface area contributed by atoms with Crippen molar-refractivity contribution in [1.29, 1.82) is 0 Å². The van der Waals surface area contributed by atoms with E-state index in [1.165, 1.54) is 12.3 Å². The summed E-state index contributed by atoms with van der Waals surface area (Å²) >= 11 is 11.6. The van der Waals surface area contributed by atoms with Crippen molar-refractivity contribution in [2.75, 3.05) is 5.32 Å². The summed E-state index contributed by atoms with van der Waals surface area (Å²) in [6.45, 7) is 1.69. The third-order valence-electron chi connectivity index (χ3n) is 2.57. The Balaban J connectivity index is 2.31. The molecule has 2 N–H and O–H groups in total. The van der Waals surface area contributed by atoms with Crippen molar-refractivity contribution in [3.63, 3.8) is 0 Å². The van der Waals surface area contributed by atoms with Gasteiger partial charge in [0.15, 0.2) is 0 Å². The number of rotatable bonds is 2. The highest BCUT2D eigenvalue weighted by Crippen LogP contribution is 2.25. The number of aromatic nitrogens is 1. The topological polar surface area (TPSA) is 62.0 Å². The van der Waals surface area contributed by atoms with Gasteiger partial charge in [-0.05, 0) is 36.8 Å². The lowest BCUT2D eigenvalue weighted by Gasteiger charge is -2.07. The average molecular weight is 297 g/mol. The molecular formula is C13H10Cl2N2O2. The fourth-order valence-corrected chi connectivity index (χ4v) is 1.92. The van der Waals surface area contributed by atoms with Crippen molar-refractivity contribution in [2.24, 2.45) is 0 Å². The van der Waals surface area contributed by atoms with Crippen LogP contribution in [-0.2, 0) is 0 Å². The van der Waals surface area contributed by atoms with Crippen LogP contribution in [0.1, 0.15) is 15.9 Å². The highest BCUT2D eigenvalue weighted by atomic mass is 35.5. The van der Waals surface area contributed by atoms with Crippen LogP contribution < -0.4 is 10.9 Å². The molecule has 2 rings (SSSR count). The first-order valence-electron chi connectivity index (χ1n) is 5.43. The largest absolute Gasteiger partial charge is 0.328 e. The first-order valence-corrected chi connectivity index (χ1v) is 6.19. The third-order valence-corrected chi connectivity index (χ3v) is 3.31. The first-order chi connectivity index (χ1) is 8.99. The minimum atomic E-state index is -0.488. The monoisotopic (exact) mass is 296 g/mol. The number of nitrogens with one attached hydrogen (secondary N) is 2. The molecule has 1 aromatic carbocycles. The number of halogens is 2. The van der Waals surface area contributed by atoms with Gasteiger partial charge in [-0.2, -0.15) is 0 Å². The SMILES string of the molecule is Cc1cc[nH]c(=O)c1C(=O)Nc1ccc(Cl)c(Cl)c1. The second-order valence-corrected chi connectivity index (χ2v) is 4.76. The second kappa shape index (κ2) is 5.47. The second-order valence-electron chi connectivity index (χ2n) is 3.95. The summed E-state index contributed by atoms with van der Waals surface area (Å²) in [5.41, 5.74) is 0.717. The van der Waals surface area contributed by atoms with E-state index in [4.69, 9.17) is 23.2 Å². The number of carbonyl (C=O) groups is 1. The summed E-state index contributed by atoms with van der Waals surface area (Å²) in [6.07, 6.45) is 1.49. The molecule has 0 saturated heterocycles. The molecule has 1 heterocycles. The number of pyridine rings is 1. The molecule has 1 aromatic heterocycles. The molecule has 0 aliphatic heterocycles. The lowest BCUT2D eigenvalue weighted by molar-refractivity contribution is 0.102. The van der Waals surface area contributed by atoms with E-state index in [1.54, 1.807) is 25.1 Å². The maximum absolute atomic E-state index is 12.0. The van der Waals surface area contributed by atoms with E-state index in [1.807, 2.05) is 0 Å². The molecule has 0 radical (unpaired) electrons. The maximum Gasteiger partial charge on any atom is 0.261 e. The van der Waals surface area contributed by atoms with Crippen LogP contribution in [0.4, 0.5) is 5.69 Å². The molecule has 1 amide bonds. The molecule has 0 unspecified atom stereocenters. The third kappa shape index (κ3) is 2.97. The molecule has 6 heteroatoms. The van der Waals surface area contributed by atoms with Gasteiger partial charge >= 0.3 is 0 Å². The van der Waals surface area contributed by atoms with Gasteiger partial charge in [-0.3, -0.25) is 9.59 Å². The van der Waals surface area contributed by atoms with Gasteiger partial charge in [-0.1, -0.05) is 23.2 Å². The van der Waals surface area contributed by atoms with Gasteiger partial charge in [-0.25, -0.2) is 0 Å². The molecule has 0 aliphatic rings. The van der Waals surface area contributed by atoms with Crippen molar-refractivity contribution < 1.29 is 4.79 Å². The predicted molar refractivity (Wildman–Crippen MR) is 76.2 cm³/mol. The van der Waals surface area contributed by atoms with Crippen LogP contribution in [-0.4, -0.2) is 10.9 Å². The Morgan fingerprint density at radius 3 is 2.58 bits per heavy atom. The first kappa shape index (κ1) is 13.6. The summed E-state index contributed by atoms with van der Waals surface area (Å²) in [5.74, 6) is -0.488. The fourth-order valence-electron chi connectivity index (χ4n) is 1.63. The molecule has 0 aliphatic carbocycles. The average Bonchev–Trinajstić information content (AvgIpc) is 2.33. The normalized spacial score (nSPS) is 10.3. The lowest BCUT2D eigenvalue weighted by atomic mass is 10.1. The van der Waals surface area contributed by atoms with Gasteiger partial charge in [0.2, 0.25) is 0 Å². The Bertz CT molecular complexity index is 695. The number of hydrogen-bond donors (Lipinski definition) is 2. The van der Waals surface area contributed by atoms with Gasteiger partial charge in [0, 0.05) is 11.9 Å². The van der Waals surface area contributed by atoms with Crippen LogP contribution in [0.15, 0.2) is 35.3 Å². The molecule has 0 bridgehead atoms. The Morgan fingerprint density at radius 2 is 1.95 bits per heavy atom. The van der Waals surface area contributed by atoms with E-state index in [-0.39, 0.29) is 5.56 Å². The van der Waals surface area contributed by atoms with Crippen LogP contribution in [0.5, 0.6) is 0 Å². The quantitative estimate of drug-likeness (QED) is 0.894. The zero-order chi connectivity index (χ0) is 14.0. The van der Waals surface area contributed by atoms with Crippen molar-refractivity contribution in [3.05, 3.63) is 62.0 Å². The Kier molecular flexibility index (Phi) is 3.93. The zero-order valence-electron chi connectivity index (χ0n) is 9.96. The molecule has 19 heavy (non-hydrogen) atoms. The number of aryl methyl sites for hydroxylation is 1. The number of benzene rings is 1. The molecule has 4 nitrogen and oxygen atoms in total. The number of anilines is 1. The lowest BCUT2D eigenvalue weighted by Crippen LogP contribution is -2.24. The van der Waals surface area contributed by atoms with Crippen LogP contribution in [0.2, 0.25) is 10.0 Å². The van der Waals surface area contributed by atoms with Gasteiger partial charge in [0.05, 0.1) is 10.0 Å². The molecule has 0 spiro atoms. The maximum atomic E-state index is 12.0. The van der Waals surface area contributed by atoms with Crippen molar-refractivity contribution in [2.45, 2.75) is 6.92 Å². The van der Waals surface area contributed by atoms with Crippen molar-refractivity contribution in [3.8, 4) is 0 Å². The van der Waals surface area contributed by atoms with Crippen LogP contribution in [0.3, 0.4) is 0 Å². The smallest absolute Gasteiger partial charge is 0.261 e. The van der Waals surface area contributed by atoms with Crippen LogP contribution >= 0.6 is 23.2 Å². The summed E-state index contributed by atoms with van der Waals surface area (Å²) in [5, 5.41) is 3.33. The van der Waals surface area contributed by atoms with Gasteiger partial charge in [0.1, 0.15) is 5.56 Å². The highest BCUT2D eigenvalue weighted by Gasteiger charge is 2.13. The number of hydrogen-bond acceptors (Lipinski definition) is 2. The molecular weight excluding hydrogens is 287 g/mol. The van der Waals surface area contributed by atoms with Crippen LogP contribution in [0, 0.1) is 6.92 Å². The minimum Gasteiger partial charge on any atom is -0.328 e. The molecule has 0 fully saturated rings. The van der Waals surface area contributed by atoms with E-state index >= 15 is 0 Å². The van der Waals surface area contributed by atoms with E-state index in [9.17, 15) is 9.59 Å². The van der Waals surface area contributed by atoms with Gasteiger partial charge < -0.3 is 10.3 Å². The highest BCUT2D eigenvalue weighted by molar-refractivity contribution is 6.42. The van der Waals surface area contributed by atoms with E-state index in [2.05, 4.69) is 10.3 Å². The van der Waals surface area contributed by atoms with Crippen molar-refractivity contribution >= 4 is 34.8 Å². The number of carbonyl (C=O) groups excluding carboxylic acids is 1. The van der Waals surface area contributed by atoms with Gasteiger partial charge in [-0.15, -0.1) is 0 Å². The van der Waals surface area contributed by atoms with Crippen molar-refractivity contribution in [1.82, 2.24) is 4.98 Å². The minimum absolute atomic E-state index is 0.0774. The van der Waals surface area contributed by atoms with Crippen LogP contribution in [0.25, 0.3) is 0 Å². The van der Waals surface area contributed by atoms with E-state index < -0.39 is 11.5 Å². The predicted octanol–water partition coefficient (Wildman–Crippen LogP) is 3.24. The molecule has 0 saturated carbocycles. The van der Waals surface area contributed by atoms with Gasteiger partial charge in [0.25, 0.3) is 11.5 Å². The Labute approximate surface area is 119 Å². The summed E-state index contributed by atoms with van der Waals surface area (Å²) < 4.78 is 0. The summed E-state index contributed by atoms with van der Waals surface area (Å²) in [7, 11) is 0. The number of amides is 1. The fraction of sp³-hybridized carbons (Fsp3) is 0.0769. The molecule has 98 valence electrons. The number of aromatic amines is 1. The summed E-state index contributed by atoms with van der Waals surface area (Å²) in [4.78, 5) is 26.1. The number of H-pyrrole nitrogens is 1. The van der Waals surface area contributed by atoms with E-state index in [0.717, 1.165) is 0 Å². The summed E-state index contributed by atoms with van der Waals surface area (Å²) in [6, 6.07) is 6.36. The van der Waals surface area contributed by atoms with E-state index in [0.29, 0.717) is 21.3 Å². The molecule has 0 atom stereocenters. The standard InChI is InChI=1S/C13H10Cl2N2O2/c1-7-4-5-16-12(18)11(7)13(19)17-8-2-3-9(14)10(15)6-8/h2-6H,1H3,(H,16,18)(H,17,19). The Morgan fingerprint density at radius 1 is 1.21 bits per heavy atom.